The lowest BCUT2D eigenvalue weighted by Crippen LogP contribution is -2.42. The van der Waals surface area contributed by atoms with Gasteiger partial charge in [-0.2, -0.15) is 13.2 Å². The zero-order valence-corrected chi connectivity index (χ0v) is 20.9. The number of alkyl halides is 3. The number of nitrogens with zero attached hydrogens (tertiary/aromatic N) is 1. The molecule has 0 aliphatic rings. The average molecular weight is 573 g/mol. The van der Waals surface area contributed by atoms with E-state index in [-0.39, 0.29) is 42.6 Å². The van der Waals surface area contributed by atoms with Gasteiger partial charge in [-0.1, -0.05) is 0 Å². The average Bonchev–Trinajstić information content (AvgIpc) is 2.66. The van der Waals surface area contributed by atoms with E-state index in [0.29, 0.717) is 25.6 Å². The molecular weight excluding hydrogens is 542 g/mol. The molecule has 1 aromatic carbocycles. The SMILES string of the molecule is CCNC(=NCCNC(=O)c1ccc(C(F)(F)F)cc1)NCCNC(=O)OC(C)(C)C.I. The Kier molecular flexibility index (Phi) is 13.0. The number of hydrogen-bond acceptors (Lipinski definition) is 4. The molecule has 4 N–H and O–H groups in total. The van der Waals surface area contributed by atoms with Gasteiger partial charge in [-0.05, 0) is 52.0 Å². The van der Waals surface area contributed by atoms with Crippen LogP contribution in [0.5, 0.6) is 0 Å². The first kappa shape index (κ1) is 29.8. The number of carbonyl (C=O) groups excluding carboxylic acids is 2. The molecule has 182 valence electrons. The highest BCUT2D eigenvalue weighted by Gasteiger charge is 2.30. The van der Waals surface area contributed by atoms with Crippen molar-refractivity contribution < 1.29 is 27.5 Å². The molecule has 2 amide bonds. The number of aliphatic imine (C=N–C) groups is 1. The third-order valence-electron chi connectivity index (χ3n) is 3.57. The van der Waals surface area contributed by atoms with Gasteiger partial charge in [0.05, 0.1) is 12.1 Å². The Labute approximate surface area is 203 Å². The van der Waals surface area contributed by atoms with E-state index in [4.69, 9.17) is 4.74 Å². The number of rotatable bonds is 8. The van der Waals surface area contributed by atoms with E-state index in [1.807, 2.05) is 6.92 Å². The molecular formula is C20H31F3IN5O3. The minimum atomic E-state index is -4.44. The van der Waals surface area contributed by atoms with Gasteiger partial charge in [0.15, 0.2) is 5.96 Å². The second-order valence-corrected chi connectivity index (χ2v) is 7.45. The van der Waals surface area contributed by atoms with E-state index in [1.54, 1.807) is 20.8 Å². The van der Waals surface area contributed by atoms with Crippen LogP contribution in [0, 0.1) is 0 Å². The van der Waals surface area contributed by atoms with Crippen LogP contribution in [0.1, 0.15) is 43.6 Å². The molecule has 0 fully saturated rings. The van der Waals surface area contributed by atoms with Gasteiger partial charge in [0.1, 0.15) is 5.60 Å². The monoisotopic (exact) mass is 573 g/mol. The summed E-state index contributed by atoms with van der Waals surface area (Å²) in [7, 11) is 0. The predicted octanol–water partition coefficient (Wildman–Crippen LogP) is 3.13. The van der Waals surface area contributed by atoms with Crippen molar-refractivity contribution >= 4 is 41.9 Å². The fourth-order valence-corrected chi connectivity index (χ4v) is 2.25. The normalized spacial score (nSPS) is 11.8. The Morgan fingerprint density at radius 2 is 1.53 bits per heavy atom. The Hall–Kier alpha value is -2.25. The topological polar surface area (TPSA) is 104 Å². The number of alkyl carbamates (subject to hydrolysis) is 1. The number of nitrogens with one attached hydrogen (secondary N) is 4. The summed E-state index contributed by atoms with van der Waals surface area (Å²) in [6, 6.07) is 3.99. The highest BCUT2D eigenvalue weighted by atomic mass is 127. The molecule has 0 saturated heterocycles. The molecule has 0 aliphatic carbocycles. The van der Waals surface area contributed by atoms with Crippen molar-refractivity contribution in [1.29, 1.82) is 0 Å². The molecule has 8 nitrogen and oxygen atoms in total. The molecule has 12 heteroatoms. The largest absolute Gasteiger partial charge is 0.444 e. The Morgan fingerprint density at radius 1 is 0.938 bits per heavy atom. The Balaban J connectivity index is 0.00000961. The molecule has 1 rings (SSSR count). The molecule has 0 atom stereocenters. The summed E-state index contributed by atoms with van der Waals surface area (Å²) in [4.78, 5) is 27.9. The summed E-state index contributed by atoms with van der Waals surface area (Å²) in [6.07, 6.45) is -4.95. The summed E-state index contributed by atoms with van der Waals surface area (Å²) in [5.74, 6) is 0.0145. The number of ether oxygens (including phenoxy) is 1. The van der Waals surface area contributed by atoms with Gasteiger partial charge in [-0.3, -0.25) is 9.79 Å². The van der Waals surface area contributed by atoms with Crippen molar-refractivity contribution in [2.45, 2.75) is 39.5 Å². The number of guanidine groups is 1. The lowest BCUT2D eigenvalue weighted by molar-refractivity contribution is -0.137. The summed E-state index contributed by atoms with van der Waals surface area (Å²) < 4.78 is 42.8. The van der Waals surface area contributed by atoms with Gasteiger partial charge in [-0.25, -0.2) is 4.79 Å². The first-order valence-corrected chi connectivity index (χ1v) is 9.87. The van der Waals surface area contributed by atoms with Gasteiger partial charge < -0.3 is 26.0 Å². The van der Waals surface area contributed by atoms with E-state index in [2.05, 4.69) is 26.3 Å². The second kappa shape index (κ2) is 14.0. The summed E-state index contributed by atoms with van der Waals surface area (Å²) in [5, 5.41) is 11.3. The molecule has 0 unspecified atom stereocenters. The van der Waals surface area contributed by atoms with Crippen molar-refractivity contribution in [3.8, 4) is 0 Å². The molecule has 1 aromatic rings. The van der Waals surface area contributed by atoms with Crippen molar-refractivity contribution in [1.82, 2.24) is 21.3 Å². The van der Waals surface area contributed by atoms with Gasteiger partial charge in [-0.15, -0.1) is 24.0 Å². The van der Waals surface area contributed by atoms with E-state index < -0.39 is 29.3 Å². The Bertz CT molecular complexity index is 750. The van der Waals surface area contributed by atoms with Crippen LogP contribution in [0.3, 0.4) is 0 Å². The zero-order valence-electron chi connectivity index (χ0n) is 18.6. The standard InChI is InChI=1S/C20H30F3N5O3.HI/c1-5-24-17(27-12-13-28-18(30)31-19(2,3)4)26-11-10-25-16(29)14-6-8-15(9-7-14)20(21,22)23;/h6-9H,5,10-13H2,1-4H3,(H,25,29)(H,28,30)(H2,24,26,27);1H. The smallest absolute Gasteiger partial charge is 0.416 e. The predicted molar refractivity (Wildman–Crippen MR) is 127 cm³/mol. The van der Waals surface area contributed by atoms with Crippen molar-refractivity contribution in [3.63, 3.8) is 0 Å². The van der Waals surface area contributed by atoms with E-state index >= 15 is 0 Å². The highest BCUT2D eigenvalue weighted by molar-refractivity contribution is 14.0. The lowest BCUT2D eigenvalue weighted by Gasteiger charge is -2.19. The number of hydrogen-bond donors (Lipinski definition) is 4. The van der Waals surface area contributed by atoms with E-state index in [0.717, 1.165) is 24.3 Å². The third-order valence-corrected chi connectivity index (χ3v) is 3.57. The first-order chi connectivity index (χ1) is 14.4. The molecule has 0 aliphatic heterocycles. The third kappa shape index (κ3) is 12.6. The van der Waals surface area contributed by atoms with Crippen LogP contribution in [0.25, 0.3) is 0 Å². The fourth-order valence-electron chi connectivity index (χ4n) is 2.25. The molecule has 32 heavy (non-hydrogen) atoms. The minimum Gasteiger partial charge on any atom is -0.444 e. The maximum absolute atomic E-state index is 12.6. The number of benzene rings is 1. The van der Waals surface area contributed by atoms with Crippen LogP contribution < -0.4 is 21.3 Å². The van der Waals surface area contributed by atoms with Crippen LogP contribution in [-0.4, -0.2) is 56.3 Å². The van der Waals surface area contributed by atoms with Gasteiger partial charge >= 0.3 is 12.3 Å². The van der Waals surface area contributed by atoms with Crippen molar-refractivity contribution in [2.24, 2.45) is 4.99 Å². The summed E-state index contributed by atoms with van der Waals surface area (Å²) >= 11 is 0. The molecule has 0 heterocycles. The molecule has 0 bridgehead atoms. The van der Waals surface area contributed by atoms with Crippen LogP contribution in [-0.2, 0) is 10.9 Å². The minimum absolute atomic E-state index is 0. The van der Waals surface area contributed by atoms with Crippen molar-refractivity contribution in [3.05, 3.63) is 35.4 Å². The van der Waals surface area contributed by atoms with E-state index in [1.165, 1.54) is 0 Å². The fraction of sp³-hybridized carbons (Fsp3) is 0.550. The van der Waals surface area contributed by atoms with Crippen LogP contribution in [0.15, 0.2) is 29.3 Å². The van der Waals surface area contributed by atoms with Crippen LogP contribution in [0.4, 0.5) is 18.0 Å². The van der Waals surface area contributed by atoms with E-state index in [9.17, 15) is 22.8 Å². The quantitative estimate of drug-likeness (QED) is 0.166. The van der Waals surface area contributed by atoms with Crippen molar-refractivity contribution in [2.75, 3.05) is 32.7 Å². The number of halogens is 4. The first-order valence-electron chi connectivity index (χ1n) is 9.87. The summed E-state index contributed by atoms with van der Waals surface area (Å²) in [6.45, 7) is 9.01. The number of carbonyl (C=O) groups is 2. The Morgan fingerprint density at radius 3 is 2.06 bits per heavy atom. The van der Waals surface area contributed by atoms with Crippen LogP contribution in [0.2, 0.25) is 0 Å². The van der Waals surface area contributed by atoms with Gasteiger partial charge in [0, 0.05) is 31.7 Å². The molecule has 0 spiro atoms. The molecule has 0 radical (unpaired) electrons. The molecule has 0 saturated carbocycles. The van der Waals surface area contributed by atoms with Crippen LogP contribution >= 0.6 is 24.0 Å². The van der Waals surface area contributed by atoms with Gasteiger partial charge in [0.25, 0.3) is 5.91 Å². The van der Waals surface area contributed by atoms with Gasteiger partial charge in [0.2, 0.25) is 0 Å². The lowest BCUT2D eigenvalue weighted by atomic mass is 10.1. The number of amides is 2. The molecule has 0 aromatic heterocycles. The zero-order chi connectivity index (χ0) is 23.5. The highest BCUT2D eigenvalue weighted by Crippen LogP contribution is 2.29. The maximum atomic E-state index is 12.6. The maximum Gasteiger partial charge on any atom is 0.416 e. The summed E-state index contributed by atoms with van der Waals surface area (Å²) in [5.41, 5.74) is -1.25. The second-order valence-electron chi connectivity index (χ2n) is 7.45.